The molecular weight excluding hydrogens is 429 g/mol. The summed E-state index contributed by atoms with van der Waals surface area (Å²) < 4.78 is 7.04. The lowest BCUT2D eigenvalue weighted by molar-refractivity contribution is 0.102. The van der Waals surface area contributed by atoms with Crippen LogP contribution in [-0.2, 0) is 0 Å². The van der Waals surface area contributed by atoms with Crippen molar-refractivity contribution in [2.45, 2.75) is 0 Å². The highest BCUT2D eigenvalue weighted by Crippen LogP contribution is 2.28. The van der Waals surface area contributed by atoms with E-state index in [1.165, 1.54) is 0 Å². The predicted octanol–water partition coefficient (Wildman–Crippen LogP) is 4.38. The number of rotatable bonds is 3. The maximum Gasteiger partial charge on any atom is 0.256 e. The van der Waals surface area contributed by atoms with Crippen LogP contribution in [-0.4, -0.2) is 13.0 Å². The van der Waals surface area contributed by atoms with Crippen molar-refractivity contribution in [1.82, 2.24) is 0 Å². The number of nitrogens with one attached hydrogen (secondary N) is 1. The van der Waals surface area contributed by atoms with Crippen molar-refractivity contribution >= 4 is 61.5 Å². The molecule has 6 heteroatoms. The molecular formula is C12H9BrINO2S. The molecule has 1 aromatic heterocycles. The second-order valence-corrected chi connectivity index (χ2v) is 7.10. The molecule has 94 valence electrons. The fourth-order valence-electron chi connectivity index (χ4n) is 1.35. The van der Waals surface area contributed by atoms with Gasteiger partial charge in [0.15, 0.2) is 0 Å². The zero-order chi connectivity index (χ0) is 13.1. The van der Waals surface area contributed by atoms with Gasteiger partial charge in [-0.2, -0.15) is 0 Å². The number of carbonyl (C=O) groups excluding carboxylic acids is 1. The summed E-state index contributed by atoms with van der Waals surface area (Å²) in [5, 5.41) is 4.69. The lowest BCUT2D eigenvalue weighted by Crippen LogP contribution is -2.11. The van der Waals surface area contributed by atoms with Gasteiger partial charge in [0.05, 0.1) is 21.2 Å². The Bertz CT molecular complexity index is 585. The van der Waals surface area contributed by atoms with Gasteiger partial charge in [-0.1, -0.05) is 0 Å². The first kappa shape index (κ1) is 13.8. The molecule has 0 unspecified atom stereocenters. The molecule has 0 saturated carbocycles. The maximum atomic E-state index is 12.0. The first-order chi connectivity index (χ1) is 8.60. The van der Waals surface area contributed by atoms with E-state index in [4.69, 9.17) is 4.74 Å². The third-order valence-corrected chi connectivity index (χ3v) is 4.73. The first-order valence-corrected chi connectivity index (χ1v) is 7.74. The van der Waals surface area contributed by atoms with E-state index >= 15 is 0 Å². The number of thiophene rings is 1. The van der Waals surface area contributed by atoms with E-state index in [1.54, 1.807) is 24.5 Å². The van der Waals surface area contributed by atoms with Gasteiger partial charge in [0.25, 0.3) is 5.91 Å². The Morgan fingerprint density at radius 1 is 1.44 bits per heavy atom. The van der Waals surface area contributed by atoms with Crippen LogP contribution in [0.4, 0.5) is 5.69 Å². The number of ether oxygens (including phenoxy) is 1. The zero-order valence-electron chi connectivity index (χ0n) is 9.37. The Labute approximate surface area is 131 Å². The summed E-state index contributed by atoms with van der Waals surface area (Å²) in [4.78, 5) is 12.0. The highest BCUT2D eigenvalue weighted by Gasteiger charge is 2.10. The monoisotopic (exact) mass is 437 g/mol. The van der Waals surface area contributed by atoms with Gasteiger partial charge in [0, 0.05) is 15.9 Å². The molecule has 0 aliphatic heterocycles. The van der Waals surface area contributed by atoms with Crippen LogP contribution >= 0.6 is 49.9 Å². The van der Waals surface area contributed by atoms with Crippen molar-refractivity contribution in [2.75, 3.05) is 12.4 Å². The Kier molecular flexibility index (Phi) is 4.63. The second-order valence-electron chi connectivity index (χ2n) is 3.44. The molecule has 3 nitrogen and oxygen atoms in total. The van der Waals surface area contributed by atoms with Crippen LogP contribution in [0.25, 0.3) is 0 Å². The largest absolute Gasteiger partial charge is 0.497 e. The minimum Gasteiger partial charge on any atom is -0.497 e. The second kappa shape index (κ2) is 6.03. The van der Waals surface area contributed by atoms with Gasteiger partial charge in [-0.25, -0.2) is 0 Å². The minimum atomic E-state index is -0.122. The highest BCUT2D eigenvalue weighted by atomic mass is 127. The van der Waals surface area contributed by atoms with E-state index in [-0.39, 0.29) is 5.91 Å². The van der Waals surface area contributed by atoms with Gasteiger partial charge in [-0.15, -0.1) is 11.3 Å². The highest BCUT2D eigenvalue weighted by molar-refractivity contribution is 14.1. The Morgan fingerprint density at radius 2 is 2.22 bits per heavy atom. The number of hydrogen-bond donors (Lipinski definition) is 1. The summed E-state index contributed by atoms with van der Waals surface area (Å²) in [5.74, 6) is 0.580. The minimum absolute atomic E-state index is 0.122. The van der Waals surface area contributed by atoms with Crippen LogP contribution in [0.3, 0.4) is 0 Å². The molecule has 1 amide bonds. The van der Waals surface area contributed by atoms with Crippen LogP contribution in [0.2, 0.25) is 0 Å². The van der Waals surface area contributed by atoms with Crippen molar-refractivity contribution in [3.63, 3.8) is 0 Å². The van der Waals surface area contributed by atoms with Gasteiger partial charge in [0.1, 0.15) is 5.75 Å². The van der Waals surface area contributed by atoms with E-state index in [1.807, 2.05) is 23.6 Å². The van der Waals surface area contributed by atoms with Gasteiger partial charge >= 0.3 is 0 Å². The van der Waals surface area contributed by atoms with Crippen molar-refractivity contribution < 1.29 is 9.53 Å². The average molecular weight is 438 g/mol. The summed E-state index contributed by atoms with van der Waals surface area (Å²) in [6.45, 7) is 0. The SMILES string of the molecule is COc1ccc(Br)c(NC(=O)c2csc(I)c2)c1. The van der Waals surface area contributed by atoms with Gasteiger partial charge < -0.3 is 10.1 Å². The molecule has 2 aromatic rings. The maximum absolute atomic E-state index is 12.0. The number of hydrogen-bond acceptors (Lipinski definition) is 3. The Morgan fingerprint density at radius 3 is 2.83 bits per heavy atom. The predicted molar refractivity (Wildman–Crippen MR) is 85.7 cm³/mol. The van der Waals surface area contributed by atoms with E-state index in [2.05, 4.69) is 43.8 Å². The summed E-state index contributed by atoms with van der Waals surface area (Å²) in [6, 6.07) is 7.30. The molecule has 1 N–H and O–H groups in total. The van der Waals surface area contributed by atoms with Crippen LogP contribution in [0.1, 0.15) is 10.4 Å². The number of benzene rings is 1. The van der Waals surface area contributed by atoms with Crippen molar-refractivity contribution in [2.24, 2.45) is 0 Å². The van der Waals surface area contributed by atoms with Gasteiger partial charge in [-0.3, -0.25) is 4.79 Å². The van der Waals surface area contributed by atoms with Gasteiger partial charge in [0.2, 0.25) is 0 Å². The third kappa shape index (κ3) is 3.24. The zero-order valence-corrected chi connectivity index (χ0v) is 13.9. The van der Waals surface area contributed by atoms with Crippen LogP contribution in [0, 0.1) is 2.88 Å². The molecule has 0 aliphatic carbocycles. The number of methoxy groups -OCH3 is 1. The van der Waals surface area contributed by atoms with Crippen molar-refractivity contribution in [3.05, 3.63) is 42.6 Å². The molecule has 18 heavy (non-hydrogen) atoms. The lowest BCUT2D eigenvalue weighted by Gasteiger charge is -2.08. The lowest BCUT2D eigenvalue weighted by atomic mass is 10.2. The molecule has 0 atom stereocenters. The molecule has 0 radical (unpaired) electrons. The smallest absolute Gasteiger partial charge is 0.256 e. The summed E-state index contributed by atoms with van der Waals surface area (Å²) in [7, 11) is 1.59. The van der Waals surface area contributed by atoms with Crippen LogP contribution in [0.5, 0.6) is 5.75 Å². The molecule has 0 bridgehead atoms. The molecule has 0 spiro atoms. The number of anilines is 1. The normalized spacial score (nSPS) is 10.2. The first-order valence-electron chi connectivity index (χ1n) is 4.99. The van der Waals surface area contributed by atoms with E-state index < -0.39 is 0 Å². The van der Waals surface area contributed by atoms with Crippen molar-refractivity contribution in [3.8, 4) is 5.75 Å². The van der Waals surface area contributed by atoms with Crippen molar-refractivity contribution in [1.29, 1.82) is 0 Å². The molecule has 1 heterocycles. The summed E-state index contributed by atoms with van der Waals surface area (Å²) in [5.41, 5.74) is 1.36. The fraction of sp³-hybridized carbons (Fsp3) is 0.0833. The molecule has 2 rings (SSSR count). The molecule has 0 saturated heterocycles. The standard InChI is InChI=1S/C12H9BrINO2S/c1-17-8-2-3-9(13)10(5-8)15-12(16)7-4-11(14)18-6-7/h2-6H,1H3,(H,15,16). The number of carbonyl (C=O) groups is 1. The third-order valence-electron chi connectivity index (χ3n) is 2.25. The number of amides is 1. The van der Waals surface area contributed by atoms with E-state index in [0.717, 1.165) is 7.36 Å². The molecule has 1 aromatic carbocycles. The Hall–Kier alpha value is -0.600. The van der Waals surface area contributed by atoms with Gasteiger partial charge in [-0.05, 0) is 56.7 Å². The fourth-order valence-corrected chi connectivity index (χ4v) is 3.02. The Balaban J connectivity index is 2.21. The van der Waals surface area contributed by atoms with E-state index in [9.17, 15) is 4.79 Å². The van der Waals surface area contributed by atoms with Crippen LogP contribution in [0.15, 0.2) is 34.1 Å². The van der Waals surface area contributed by atoms with Crippen LogP contribution < -0.4 is 10.1 Å². The van der Waals surface area contributed by atoms with E-state index in [0.29, 0.717) is 17.0 Å². The summed E-state index contributed by atoms with van der Waals surface area (Å²) >= 11 is 7.13. The number of halogens is 2. The molecule has 0 fully saturated rings. The quantitative estimate of drug-likeness (QED) is 0.723. The topological polar surface area (TPSA) is 38.3 Å². The molecule has 0 aliphatic rings. The average Bonchev–Trinajstić information content (AvgIpc) is 2.79. The summed E-state index contributed by atoms with van der Waals surface area (Å²) in [6.07, 6.45) is 0.